The van der Waals surface area contributed by atoms with Crippen LogP contribution in [0.5, 0.6) is 0 Å². The van der Waals surface area contributed by atoms with Crippen molar-refractivity contribution in [1.82, 2.24) is 9.13 Å². The summed E-state index contributed by atoms with van der Waals surface area (Å²) in [5.74, 6) is -1.19. The first-order chi connectivity index (χ1) is 14.4. The number of carboxylic acids is 1. The van der Waals surface area contributed by atoms with Crippen LogP contribution in [0.15, 0.2) is 47.3 Å². The van der Waals surface area contributed by atoms with Crippen molar-refractivity contribution in [2.45, 2.75) is 45.7 Å². The summed E-state index contributed by atoms with van der Waals surface area (Å²) in [5.41, 5.74) is 5.33. The van der Waals surface area contributed by atoms with E-state index in [2.05, 4.69) is 37.1 Å². The van der Waals surface area contributed by atoms with Crippen molar-refractivity contribution >= 4 is 22.7 Å². The maximum atomic E-state index is 13.4. The normalized spacial score (nSPS) is 16.8. The van der Waals surface area contributed by atoms with Crippen molar-refractivity contribution < 1.29 is 9.90 Å². The van der Waals surface area contributed by atoms with E-state index >= 15 is 0 Å². The average molecular weight is 408 g/mol. The molecule has 1 N–H and O–H groups in total. The minimum atomic E-state index is -0.845. The molecule has 0 saturated carbocycles. The summed E-state index contributed by atoms with van der Waals surface area (Å²) in [7, 11) is 2.09. The zero-order valence-electron chi connectivity index (χ0n) is 17.8. The van der Waals surface area contributed by atoms with Crippen LogP contribution in [0.3, 0.4) is 0 Å². The number of imidazole rings is 1. The molecule has 2 unspecified atom stereocenters. The number of aryl methyl sites for hydroxylation is 1. The molecule has 158 valence electrons. The van der Waals surface area contributed by atoms with Crippen LogP contribution in [0.4, 0.5) is 5.69 Å². The molecule has 0 spiro atoms. The van der Waals surface area contributed by atoms with Gasteiger partial charge in [0.1, 0.15) is 0 Å². The first-order valence-corrected chi connectivity index (χ1v) is 10.6. The van der Waals surface area contributed by atoms with E-state index in [0.29, 0.717) is 13.0 Å². The fraction of sp³-hybridized carbons (Fsp3) is 0.417. The highest BCUT2D eigenvalue weighted by molar-refractivity contribution is 5.77. The lowest BCUT2D eigenvalue weighted by atomic mass is 9.96. The zero-order chi connectivity index (χ0) is 21.4. The minimum absolute atomic E-state index is 0.122. The summed E-state index contributed by atoms with van der Waals surface area (Å²) >= 11 is 0. The minimum Gasteiger partial charge on any atom is -0.481 e. The number of para-hydroxylation sites is 2. The lowest BCUT2D eigenvalue weighted by Gasteiger charge is -2.14. The standard InChI is InChI=1S/C24H29N3O3/c1-4-8-17(23(28)29)14-26-19-10-5-6-11-20(19)27(24(26)30)15-18-13-25(3)21-12-7-9-16(2)22(18)21/h5-7,9-12,17-18H,4,8,13-15H2,1-3H3,(H,28,29). The highest BCUT2D eigenvalue weighted by Crippen LogP contribution is 2.38. The van der Waals surface area contributed by atoms with Gasteiger partial charge in [0, 0.05) is 38.3 Å². The van der Waals surface area contributed by atoms with Gasteiger partial charge in [-0.25, -0.2) is 4.79 Å². The van der Waals surface area contributed by atoms with Crippen LogP contribution in [-0.2, 0) is 17.9 Å². The van der Waals surface area contributed by atoms with Crippen molar-refractivity contribution in [3.8, 4) is 0 Å². The van der Waals surface area contributed by atoms with Gasteiger partial charge in [-0.1, -0.05) is 37.6 Å². The molecular formula is C24H29N3O3. The molecule has 2 aromatic carbocycles. The Morgan fingerprint density at radius 3 is 2.50 bits per heavy atom. The molecule has 0 fully saturated rings. The van der Waals surface area contributed by atoms with E-state index in [0.717, 1.165) is 24.0 Å². The second-order valence-electron chi connectivity index (χ2n) is 8.40. The van der Waals surface area contributed by atoms with Crippen molar-refractivity contribution in [1.29, 1.82) is 0 Å². The monoisotopic (exact) mass is 407 g/mol. The molecule has 6 heteroatoms. The van der Waals surface area contributed by atoms with Gasteiger partial charge in [0.2, 0.25) is 0 Å². The fourth-order valence-electron chi connectivity index (χ4n) is 4.91. The van der Waals surface area contributed by atoms with Gasteiger partial charge in [-0.15, -0.1) is 0 Å². The summed E-state index contributed by atoms with van der Waals surface area (Å²) in [6, 6.07) is 14.0. The predicted molar refractivity (Wildman–Crippen MR) is 119 cm³/mol. The van der Waals surface area contributed by atoms with Crippen molar-refractivity contribution in [3.63, 3.8) is 0 Å². The summed E-state index contributed by atoms with van der Waals surface area (Å²) < 4.78 is 3.49. The number of aliphatic carboxylic acids is 1. The molecule has 0 aliphatic carbocycles. The van der Waals surface area contributed by atoms with E-state index in [1.165, 1.54) is 16.8 Å². The Bertz CT molecular complexity index is 1140. The highest BCUT2D eigenvalue weighted by atomic mass is 16.4. The molecule has 0 saturated heterocycles. The van der Waals surface area contributed by atoms with Crippen LogP contribution >= 0.6 is 0 Å². The van der Waals surface area contributed by atoms with Gasteiger partial charge < -0.3 is 10.0 Å². The molecule has 2 atom stereocenters. The van der Waals surface area contributed by atoms with E-state index in [1.807, 2.05) is 35.8 Å². The SMILES string of the molecule is CCCC(Cn1c(=O)n(CC2CN(C)c3cccc(C)c32)c2ccccc21)C(=O)O. The quantitative estimate of drug-likeness (QED) is 0.646. The van der Waals surface area contributed by atoms with Crippen LogP contribution in [0, 0.1) is 12.8 Å². The second-order valence-corrected chi connectivity index (χ2v) is 8.40. The Morgan fingerprint density at radius 2 is 1.83 bits per heavy atom. The molecule has 4 rings (SSSR count). The number of hydrogen-bond acceptors (Lipinski definition) is 3. The average Bonchev–Trinajstić information content (AvgIpc) is 3.18. The molecule has 3 aromatic rings. The van der Waals surface area contributed by atoms with Crippen LogP contribution < -0.4 is 10.6 Å². The van der Waals surface area contributed by atoms with E-state index in [4.69, 9.17) is 0 Å². The molecule has 2 heterocycles. The smallest absolute Gasteiger partial charge is 0.329 e. The first kappa shape index (κ1) is 20.3. The Labute approximate surface area is 176 Å². The second kappa shape index (κ2) is 8.01. The number of fused-ring (bicyclic) bond motifs is 2. The Balaban J connectivity index is 1.76. The van der Waals surface area contributed by atoms with Gasteiger partial charge >= 0.3 is 11.7 Å². The predicted octanol–water partition coefficient (Wildman–Crippen LogP) is 3.85. The van der Waals surface area contributed by atoms with Crippen LogP contribution in [-0.4, -0.2) is 33.8 Å². The third-order valence-electron chi connectivity index (χ3n) is 6.33. The number of rotatable bonds is 7. The van der Waals surface area contributed by atoms with Crippen LogP contribution in [0.25, 0.3) is 11.0 Å². The maximum Gasteiger partial charge on any atom is 0.329 e. The van der Waals surface area contributed by atoms with Gasteiger partial charge in [0.05, 0.1) is 17.0 Å². The third-order valence-corrected chi connectivity index (χ3v) is 6.33. The lowest BCUT2D eigenvalue weighted by Crippen LogP contribution is -2.31. The fourth-order valence-corrected chi connectivity index (χ4v) is 4.91. The molecule has 6 nitrogen and oxygen atoms in total. The van der Waals surface area contributed by atoms with E-state index in [-0.39, 0.29) is 18.2 Å². The number of benzene rings is 2. The topological polar surface area (TPSA) is 67.5 Å². The molecule has 30 heavy (non-hydrogen) atoms. The lowest BCUT2D eigenvalue weighted by molar-refractivity contribution is -0.142. The van der Waals surface area contributed by atoms with Gasteiger partial charge in [0.25, 0.3) is 0 Å². The summed E-state index contributed by atoms with van der Waals surface area (Å²) in [6.07, 6.45) is 1.33. The highest BCUT2D eigenvalue weighted by Gasteiger charge is 2.30. The number of nitrogens with zero attached hydrogens (tertiary/aromatic N) is 3. The summed E-state index contributed by atoms with van der Waals surface area (Å²) in [5, 5.41) is 9.61. The van der Waals surface area contributed by atoms with Gasteiger partial charge in [-0.05, 0) is 42.7 Å². The third kappa shape index (κ3) is 3.40. The number of hydrogen-bond donors (Lipinski definition) is 1. The number of aromatic nitrogens is 2. The first-order valence-electron chi connectivity index (χ1n) is 10.6. The molecule has 0 radical (unpaired) electrons. The Hall–Kier alpha value is -3.02. The molecule has 1 aliphatic rings. The van der Waals surface area contributed by atoms with Gasteiger partial charge in [-0.3, -0.25) is 13.9 Å². The molecule has 1 aliphatic heterocycles. The van der Waals surface area contributed by atoms with E-state index in [9.17, 15) is 14.7 Å². The van der Waals surface area contributed by atoms with Gasteiger partial charge in [-0.2, -0.15) is 0 Å². The van der Waals surface area contributed by atoms with Crippen molar-refractivity contribution in [2.24, 2.45) is 5.92 Å². The molecule has 0 amide bonds. The zero-order valence-corrected chi connectivity index (χ0v) is 17.8. The van der Waals surface area contributed by atoms with Crippen LogP contribution in [0.1, 0.15) is 36.8 Å². The maximum absolute atomic E-state index is 13.4. The number of likely N-dealkylation sites (N-methyl/N-ethyl adjacent to an activating group) is 1. The van der Waals surface area contributed by atoms with E-state index < -0.39 is 11.9 Å². The summed E-state index contributed by atoms with van der Waals surface area (Å²) in [6.45, 7) is 5.74. The molecule has 1 aromatic heterocycles. The van der Waals surface area contributed by atoms with E-state index in [1.54, 1.807) is 4.57 Å². The number of carbonyl (C=O) groups is 1. The number of anilines is 1. The van der Waals surface area contributed by atoms with Crippen LogP contribution in [0.2, 0.25) is 0 Å². The molecule has 0 bridgehead atoms. The molecular weight excluding hydrogens is 378 g/mol. The van der Waals surface area contributed by atoms with Crippen molar-refractivity contribution in [3.05, 3.63) is 64.1 Å². The Morgan fingerprint density at radius 1 is 1.13 bits per heavy atom. The summed E-state index contributed by atoms with van der Waals surface area (Å²) in [4.78, 5) is 27.4. The number of carboxylic acid groups (broad SMARTS) is 1. The van der Waals surface area contributed by atoms with Gasteiger partial charge in [0.15, 0.2) is 0 Å². The largest absolute Gasteiger partial charge is 0.481 e. The van der Waals surface area contributed by atoms with Crippen molar-refractivity contribution in [2.75, 3.05) is 18.5 Å². The Kier molecular flexibility index (Phi) is 5.41.